The number of hydrogen-bond donors (Lipinski definition) is 2. The number of nitrogens with zero attached hydrogens (tertiary/aromatic N) is 3. The molecule has 1 aliphatic rings. The molecule has 96 valence electrons. The lowest BCUT2D eigenvalue weighted by Crippen LogP contribution is -2.35. The standard InChI is InChI=1S/C12H16N4OS/c13-12-14-10(9-3-6-18-11(9)15-12)16-4-1-8(7-17)2-5-16/h3,6,8,17H,1-2,4-5,7H2,(H2,13,14,15). The Kier molecular flexibility index (Phi) is 3.05. The first-order chi connectivity index (χ1) is 8.78. The van der Waals surface area contributed by atoms with Crippen molar-refractivity contribution in [3.8, 4) is 0 Å². The lowest BCUT2D eigenvalue weighted by atomic mass is 9.98. The van der Waals surface area contributed by atoms with Gasteiger partial charge in [0.25, 0.3) is 0 Å². The van der Waals surface area contributed by atoms with Gasteiger partial charge in [-0.3, -0.25) is 0 Å². The van der Waals surface area contributed by atoms with Gasteiger partial charge in [0.05, 0.1) is 5.39 Å². The Morgan fingerprint density at radius 3 is 2.89 bits per heavy atom. The van der Waals surface area contributed by atoms with Gasteiger partial charge in [-0.05, 0) is 30.2 Å². The van der Waals surface area contributed by atoms with E-state index in [4.69, 9.17) is 10.8 Å². The normalized spacial score (nSPS) is 17.5. The summed E-state index contributed by atoms with van der Waals surface area (Å²) in [5.41, 5.74) is 5.76. The third-order valence-electron chi connectivity index (χ3n) is 3.49. The van der Waals surface area contributed by atoms with E-state index in [1.807, 2.05) is 11.4 Å². The number of hydrogen-bond acceptors (Lipinski definition) is 6. The summed E-state index contributed by atoms with van der Waals surface area (Å²) in [6.07, 6.45) is 2.01. The van der Waals surface area contributed by atoms with E-state index in [0.29, 0.717) is 11.9 Å². The van der Waals surface area contributed by atoms with E-state index in [9.17, 15) is 0 Å². The topological polar surface area (TPSA) is 75.3 Å². The van der Waals surface area contributed by atoms with E-state index in [-0.39, 0.29) is 6.61 Å². The maximum Gasteiger partial charge on any atom is 0.223 e. The molecule has 1 saturated heterocycles. The highest BCUT2D eigenvalue weighted by molar-refractivity contribution is 7.16. The van der Waals surface area contributed by atoms with Crippen molar-refractivity contribution in [3.05, 3.63) is 11.4 Å². The van der Waals surface area contributed by atoms with Gasteiger partial charge in [-0.25, -0.2) is 4.98 Å². The Morgan fingerprint density at radius 1 is 1.39 bits per heavy atom. The van der Waals surface area contributed by atoms with Gasteiger partial charge in [0.2, 0.25) is 5.95 Å². The predicted molar refractivity (Wildman–Crippen MR) is 73.9 cm³/mol. The van der Waals surface area contributed by atoms with Crippen molar-refractivity contribution in [3.63, 3.8) is 0 Å². The summed E-state index contributed by atoms with van der Waals surface area (Å²) < 4.78 is 0. The average Bonchev–Trinajstić information content (AvgIpc) is 2.86. The summed E-state index contributed by atoms with van der Waals surface area (Å²) >= 11 is 1.59. The van der Waals surface area contributed by atoms with Crippen molar-refractivity contribution in [1.82, 2.24) is 9.97 Å². The summed E-state index contributed by atoms with van der Waals surface area (Å²) in [6, 6.07) is 2.05. The van der Waals surface area contributed by atoms with Crippen LogP contribution in [0.4, 0.5) is 11.8 Å². The van der Waals surface area contributed by atoms with E-state index in [1.165, 1.54) is 0 Å². The molecular formula is C12H16N4OS. The summed E-state index contributed by atoms with van der Waals surface area (Å²) in [5, 5.41) is 12.3. The SMILES string of the molecule is Nc1nc(N2CCC(CO)CC2)c2ccsc2n1. The molecule has 6 heteroatoms. The van der Waals surface area contributed by atoms with Gasteiger partial charge in [-0.1, -0.05) is 0 Å². The molecule has 0 bridgehead atoms. The molecule has 0 unspecified atom stereocenters. The maximum absolute atomic E-state index is 9.17. The first-order valence-corrected chi connectivity index (χ1v) is 7.02. The number of aromatic nitrogens is 2. The Bertz CT molecular complexity index is 548. The van der Waals surface area contributed by atoms with Gasteiger partial charge < -0.3 is 15.7 Å². The molecule has 1 fully saturated rings. The Labute approximate surface area is 109 Å². The van der Waals surface area contributed by atoms with Crippen LogP contribution in [-0.2, 0) is 0 Å². The summed E-state index contributed by atoms with van der Waals surface area (Å²) in [6.45, 7) is 2.13. The average molecular weight is 264 g/mol. The number of nitrogen functional groups attached to an aromatic ring is 1. The van der Waals surface area contributed by atoms with Crippen LogP contribution in [0.1, 0.15) is 12.8 Å². The van der Waals surface area contributed by atoms with E-state index in [2.05, 4.69) is 14.9 Å². The predicted octanol–water partition coefficient (Wildman–Crippen LogP) is 1.48. The number of aliphatic hydroxyl groups excluding tert-OH is 1. The summed E-state index contributed by atoms with van der Waals surface area (Å²) in [7, 11) is 0. The molecule has 0 spiro atoms. The molecule has 5 nitrogen and oxygen atoms in total. The molecular weight excluding hydrogens is 248 g/mol. The maximum atomic E-state index is 9.17. The van der Waals surface area contributed by atoms with Crippen LogP contribution >= 0.6 is 11.3 Å². The van der Waals surface area contributed by atoms with Gasteiger partial charge in [0.15, 0.2) is 0 Å². The fraction of sp³-hybridized carbons (Fsp3) is 0.500. The first kappa shape index (κ1) is 11.7. The largest absolute Gasteiger partial charge is 0.396 e. The third kappa shape index (κ3) is 2.02. The second kappa shape index (κ2) is 4.70. The smallest absolute Gasteiger partial charge is 0.223 e. The molecule has 0 amide bonds. The van der Waals surface area contributed by atoms with Crippen LogP contribution in [0, 0.1) is 5.92 Å². The van der Waals surface area contributed by atoms with E-state index in [0.717, 1.165) is 42.0 Å². The second-order valence-corrected chi connectivity index (χ2v) is 5.55. The van der Waals surface area contributed by atoms with Gasteiger partial charge in [0, 0.05) is 19.7 Å². The third-order valence-corrected chi connectivity index (χ3v) is 4.30. The van der Waals surface area contributed by atoms with Crippen molar-refractivity contribution < 1.29 is 5.11 Å². The van der Waals surface area contributed by atoms with E-state index >= 15 is 0 Å². The fourth-order valence-electron chi connectivity index (χ4n) is 2.42. The highest BCUT2D eigenvalue weighted by Gasteiger charge is 2.21. The van der Waals surface area contributed by atoms with Crippen molar-refractivity contribution >= 4 is 33.3 Å². The zero-order valence-corrected chi connectivity index (χ0v) is 10.9. The van der Waals surface area contributed by atoms with E-state index < -0.39 is 0 Å². The van der Waals surface area contributed by atoms with Crippen LogP contribution in [0.2, 0.25) is 0 Å². The van der Waals surface area contributed by atoms with Crippen molar-refractivity contribution in [2.24, 2.45) is 5.92 Å². The zero-order valence-electron chi connectivity index (χ0n) is 10.0. The van der Waals surface area contributed by atoms with Gasteiger partial charge >= 0.3 is 0 Å². The molecule has 2 aromatic heterocycles. The van der Waals surface area contributed by atoms with Crippen molar-refractivity contribution in [2.45, 2.75) is 12.8 Å². The van der Waals surface area contributed by atoms with Crippen LogP contribution in [0.25, 0.3) is 10.2 Å². The molecule has 0 saturated carbocycles. The Hall–Kier alpha value is -1.40. The van der Waals surface area contributed by atoms with Gasteiger partial charge in [-0.2, -0.15) is 4.98 Å². The van der Waals surface area contributed by atoms with Gasteiger partial charge in [-0.15, -0.1) is 11.3 Å². The van der Waals surface area contributed by atoms with Crippen LogP contribution < -0.4 is 10.6 Å². The molecule has 1 aliphatic heterocycles. The second-order valence-electron chi connectivity index (χ2n) is 4.66. The molecule has 3 rings (SSSR count). The summed E-state index contributed by atoms with van der Waals surface area (Å²) in [4.78, 5) is 11.8. The number of aliphatic hydroxyl groups is 1. The zero-order chi connectivity index (χ0) is 12.5. The highest BCUT2D eigenvalue weighted by Crippen LogP contribution is 2.30. The first-order valence-electron chi connectivity index (χ1n) is 6.14. The minimum absolute atomic E-state index is 0.285. The molecule has 0 radical (unpaired) electrons. The molecule has 3 N–H and O–H groups in total. The number of fused-ring (bicyclic) bond motifs is 1. The molecule has 0 atom stereocenters. The van der Waals surface area contributed by atoms with Crippen molar-refractivity contribution in [1.29, 1.82) is 0 Å². The van der Waals surface area contributed by atoms with Crippen LogP contribution in [0.15, 0.2) is 11.4 Å². The lowest BCUT2D eigenvalue weighted by molar-refractivity contribution is 0.203. The monoisotopic (exact) mass is 264 g/mol. The number of rotatable bonds is 2. The lowest BCUT2D eigenvalue weighted by Gasteiger charge is -2.32. The Morgan fingerprint density at radius 2 is 2.17 bits per heavy atom. The molecule has 18 heavy (non-hydrogen) atoms. The van der Waals surface area contributed by atoms with Gasteiger partial charge in [0.1, 0.15) is 10.6 Å². The molecule has 0 aliphatic carbocycles. The highest BCUT2D eigenvalue weighted by atomic mass is 32.1. The van der Waals surface area contributed by atoms with Crippen LogP contribution in [0.3, 0.4) is 0 Å². The van der Waals surface area contributed by atoms with E-state index in [1.54, 1.807) is 11.3 Å². The van der Waals surface area contributed by atoms with Crippen molar-refractivity contribution in [2.75, 3.05) is 30.3 Å². The Balaban J connectivity index is 1.92. The minimum Gasteiger partial charge on any atom is -0.396 e. The van der Waals surface area contributed by atoms with Crippen LogP contribution in [0.5, 0.6) is 0 Å². The molecule has 2 aromatic rings. The fourth-order valence-corrected chi connectivity index (χ4v) is 3.19. The molecule has 0 aromatic carbocycles. The number of nitrogens with two attached hydrogens (primary N) is 1. The minimum atomic E-state index is 0.285. The quantitative estimate of drug-likeness (QED) is 0.859. The summed E-state index contributed by atoms with van der Waals surface area (Å²) in [5.74, 6) is 1.71. The van der Waals surface area contributed by atoms with Crippen LogP contribution in [-0.4, -0.2) is 34.8 Å². The number of piperidine rings is 1. The molecule has 3 heterocycles. The number of thiophene rings is 1. The number of anilines is 2.